The summed E-state index contributed by atoms with van der Waals surface area (Å²) < 4.78 is 0. The van der Waals surface area contributed by atoms with Gasteiger partial charge in [-0.15, -0.1) is 0 Å². The summed E-state index contributed by atoms with van der Waals surface area (Å²) in [6.45, 7) is 9.29. The molecule has 0 radical (unpaired) electrons. The fourth-order valence-corrected chi connectivity index (χ4v) is 4.15. The molecule has 0 fully saturated rings. The summed E-state index contributed by atoms with van der Waals surface area (Å²) in [6.07, 6.45) is 2.47. The zero-order valence-electron chi connectivity index (χ0n) is 11.9. The predicted octanol–water partition coefficient (Wildman–Crippen LogP) is 3.05. The first-order valence-electron chi connectivity index (χ1n) is 6.64. The Kier molecular flexibility index (Phi) is 9.13. The first-order chi connectivity index (χ1) is 8.20. The van der Waals surface area contributed by atoms with Crippen LogP contribution in [-0.2, 0) is 0 Å². The van der Waals surface area contributed by atoms with Crippen LogP contribution in [0.5, 0.6) is 0 Å². The molecule has 0 saturated heterocycles. The summed E-state index contributed by atoms with van der Waals surface area (Å²) >= 11 is 0. The summed E-state index contributed by atoms with van der Waals surface area (Å²) in [5, 5.41) is 3.14. The second-order valence-electron chi connectivity index (χ2n) is 4.57. The molecule has 1 aromatic rings. The molecule has 18 heavy (non-hydrogen) atoms. The van der Waals surface area contributed by atoms with Gasteiger partial charge in [0, 0.05) is 5.92 Å². The molecule has 0 nitrogen and oxygen atoms in total. The molecule has 1 heterocycles. The van der Waals surface area contributed by atoms with E-state index in [0.29, 0.717) is 5.92 Å². The van der Waals surface area contributed by atoms with E-state index in [0.717, 1.165) is 5.25 Å². The first kappa shape index (κ1) is 17.5. The van der Waals surface area contributed by atoms with Gasteiger partial charge in [-0.2, -0.15) is 0 Å². The lowest BCUT2D eigenvalue weighted by Gasteiger charge is -2.09. The highest BCUT2D eigenvalue weighted by Gasteiger charge is 2.20. The van der Waals surface area contributed by atoms with Crippen molar-refractivity contribution in [2.24, 2.45) is 0 Å². The summed E-state index contributed by atoms with van der Waals surface area (Å²) in [6, 6.07) is 13.1. The van der Waals surface area contributed by atoms with Gasteiger partial charge in [-0.25, -0.2) is 0 Å². The van der Waals surface area contributed by atoms with Crippen LogP contribution in [0.3, 0.4) is 0 Å². The van der Waals surface area contributed by atoms with Gasteiger partial charge in [0.2, 0.25) is 0 Å². The molecule has 3 unspecified atom stereocenters. The normalized spacial score (nSPS) is 14.1. The lowest BCUT2D eigenvalue weighted by atomic mass is 10.1. The van der Waals surface area contributed by atoms with Crippen LogP contribution in [0.15, 0.2) is 41.8 Å². The standard InChI is InChI=1S/C16H25S.ClH/c1-5-14(3)16-12-10-8-7-9-11-13-17(16)15(4)6-2;/h7-15H,5-6H2,1-4H3;1H/q+1;/p-1. The Balaban J connectivity index is 0.00000289. The summed E-state index contributed by atoms with van der Waals surface area (Å²) in [5.41, 5.74) is 0. The topological polar surface area (TPSA) is 0 Å². The lowest BCUT2D eigenvalue weighted by Crippen LogP contribution is -3.00. The van der Waals surface area contributed by atoms with Gasteiger partial charge in [0.15, 0.2) is 4.88 Å². The van der Waals surface area contributed by atoms with Crippen LogP contribution < -0.4 is 12.4 Å². The van der Waals surface area contributed by atoms with Crippen molar-refractivity contribution < 1.29 is 12.4 Å². The molecular formula is C16H25ClS. The van der Waals surface area contributed by atoms with Gasteiger partial charge >= 0.3 is 0 Å². The molecule has 1 rings (SSSR count). The van der Waals surface area contributed by atoms with Crippen LogP contribution >= 0.6 is 10.5 Å². The molecule has 102 valence electrons. The van der Waals surface area contributed by atoms with Gasteiger partial charge in [0.05, 0.1) is 0 Å². The second-order valence-corrected chi connectivity index (χ2v) is 6.86. The minimum absolute atomic E-state index is 0. The molecule has 0 bridgehead atoms. The third-order valence-electron chi connectivity index (χ3n) is 3.31. The Morgan fingerprint density at radius 2 is 1.56 bits per heavy atom. The Hall–Kier alpha value is -0.530. The molecule has 0 N–H and O–H groups in total. The van der Waals surface area contributed by atoms with Gasteiger partial charge in [0.1, 0.15) is 10.6 Å². The molecule has 0 aliphatic carbocycles. The number of hydrogen-bond acceptors (Lipinski definition) is 0. The van der Waals surface area contributed by atoms with E-state index in [-0.39, 0.29) is 22.9 Å². The van der Waals surface area contributed by atoms with Crippen LogP contribution in [0, 0.1) is 0 Å². The van der Waals surface area contributed by atoms with Crippen molar-refractivity contribution in [3.05, 3.63) is 46.7 Å². The SMILES string of the molecule is CCC(C)c1ccccccc[s+]1C(C)CC.[Cl-]. The van der Waals surface area contributed by atoms with E-state index in [2.05, 4.69) is 69.5 Å². The quantitative estimate of drug-likeness (QED) is 0.746. The highest BCUT2D eigenvalue weighted by molar-refractivity contribution is 7.30. The average molecular weight is 285 g/mol. The van der Waals surface area contributed by atoms with Crippen molar-refractivity contribution >= 4 is 10.5 Å². The van der Waals surface area contributed by atoms with E-state index in [1.54, 1.807) is 4.88 Å². The maximum Gasteiger partial charge on any atom is 0.153 e. The van der Waals surface area contributed by atoms with E-state index < -0.39 is 0 Å². The molecule has 0 amide bonds. The average Bonchev–Trinajstić information content (AvgIpc) is 2.48. The van der Waals surface area contributed by atoms with Crippen molar-refractivity contribution in [3.8, 4) is 0 Å². The van der Waals surface area contributed by atoms with Crippen molar-refractivity contribution in [1.29, 1.82) is 0 Å². The van der Waals surface area contributed by atoms with E-state index in [9.17, 15) is 0 Å². The van der Waals surface area contributed by atoms with Gasteiger partial charge in [-0.1, -0.05) is 45.0 Å². The number of hydrogen-bond donors (Lipinski definition) is 0. The first-order valence-corrected chi connectivity index (χ1v) is 7.99. The lowest BCUT2D eigenvalue weighted by molar-refractivity contribution is -0.00000370. The minimum Gasteiger partial charge on any atom is -1.00 e. The minimum atomic E-state index is 0. The molecule has 2 heteroatoms. The van der Waals surface area contributed by atoms with Crippen LogP contribution in [0.4, 0.5) is 0 Å². The van der Waals surface area contributed by atoms with Crippen molar-refractivity contribution in [1.82, 2.24) is 0 Å². The van der Waals surface area contributed by atoms with Gasteiger partial charge in [-0.05, 0) is 42.4 Å². The van der Waals surface area contributed by atoms with Crippen molar-refractivity contribution in [3.63, 3.8) is 0 Å². The molecule has 1 aromatic heterocycles. The molecule has 0 aromatic carbocycles. The number of halogens is 1. The number of rotatable bonds is 4. The fourth-order valence-electron chi connectivity index (χ4n) is 1.77. The van der Waals surface area contributed by atoms with Crippen LogP contribution in [0.25, 0.3) is 0 Å². The summed E-state index contributed by atoms with van der Waals surface area (Å²) in [5.74, 6) is 0.680. The van der Waals surface area contributed by atoms with Gasteiger partial charge in [-0.3, -0.25) is 0 Å². The Morgan fingerprint density at radius 1 is 0.944 bits per heavy atom. The highest BCUT2D eigenvalue weighted by atomic mass is 35.5. The fraction of sp³-hybridized carbons (Fsp3) is 0.500. The third kappa shape index (κ3) is 4.99. The molecule has 0 saturated carbocycles. The largest absolute Gasteiger partial charge is 1.00 e. The highest BCUT2D eigenvalue weighted by Crippen LogP contribution is 2.39. The Morgan fingerprint density at radius 3 is 2.17 bits per heavy atom. The maximum absolute atomic E-state index is 2.40. The molecular weight excluding hydrogens is 260 g/mol. The zero-order chi connectivity index (χ0) is 12.7. The second kappa shape index (κ2) is 9.41. The Bertz CT molecular complexity index is 347. The van der Waals surface area contributed by atoms with E-state index in [1.807, 2.05) is 0 Å². The smallest absolute Gasteiger partial charge is 0.153 e. The van der Waals surface area contributed by atoms with E-state index in [1.165, 1.54) is 12.8 Å². The summed E-state index contributed by atoms with van der Waals surface area (Å²) in [4.78, 5) is 1.61. The van der Waals surface area contributed by atoms with Crippen molar-refractivity contribution in [2.75, 3.05) is 0 Å². The predicted molar refractivity (Wildman–Crippen MR) is 80.3 cm³/mol. The van der Waals surface area contributed by atoms with Crippen LogP contribution in [-0.4, -0.2) is 0 Å². The third-order valence-corrected chi connectivity index (χ3v) is 6.04. The maximum atomic E-state index is 2.40. The van der Waals surface area contributed by atoms with Gasteiger partial charge < -0.3 is 12.4 Å². The van der Waals surface area contributed by atoms with E-state index in [4.69, 9.17) is 0 Å². The van der Waals surface area contributed by atoms with Crippen LogP contribution in [0.2, 0.25) is 0 Å². The zero-order valence-corrected chi connectivity index (χ0v) is 13.5. The van der Waals surface area contributed by atoms with E-state index >= 15 is 0 Å². The van der Waals surface area contributed by atoms with Crippen LogP contribution in [0.1, 0.15) is 56.6 Å². The molecule has 0 spiro atoms. The molecule has 3 atom stereocenters. The molecule has 0 aliphatic rings. The monoisotopic (exact) mass is 284 g/mol. The molecule has 0 aliphatic heterocycles. The van der Waals surface area contributed by atoms with Gasteiger partial charge in [0.25, 0.3) is 0 Å². The summed E-state index contributed by atoms with van der Waals surface area (Å²) in [7, 11) is 0.281. The van der Waals surface area contributed by atoms with Crippen molar-refractivity contribution in [2.45, 2.75) is 51.7 Å². The Labute approximate surface area is 121 Å².